The Morgan fingerprint density at radius 3 is 0.792 bits per heavy atom. The summed E-state index contributed by atoms with van der Waals surface area (Å²) >= 11 is 0. The lowest BCUT2D eigenvalue weighted by atomic mass is 10.1. The van der Waals surface area contributed by atoms with E-state index in [4.69, 9.17) is 18.9 Å². The van der Waals surface area contributed by atoms with Crippen LogP contribution >= 0.6 is 0 Å². The third kappa shape index (κ3) is 80.5. The lowest BCUT2D eigenvalue weighted by molar-refractivity contribution is -0.870. The first kappa shape index (κ1) is 94.4. The summed E-state index contributed by atoms with van der Waals surface area (Å²) in [7, 11) is 5.96. The quantitative estimate of drug-likeness (QED) is 0.0211. The Morgan fingerprint density at radius 1 is 0.297 bits per heavy atom. The number of rotatable bonds is 70. The first-order valence-corrected chi connectivity index (χ1v) is 39.5. The van der Waals surface area contributed by atoms with E-state index in [-0.39, 0.29) is 38.6 Å². The number of carboxylic acid groups (broad SMARTS) is 1. The third-order valence-electron chi connectivity index (χ3n) is 15.9. The highest BCUT2D eigenvalue weighted by atomic mass is 16.7. The van der Waals surface area contributed by atoms with Crippen molar-refractivity contribution >= 4 is 17.9 Å². The van der Waals surface area contributed by atoms with Gasteiger partial charge in [-0.05, 0) is 161 Å². The standard InChI is InChI=1S/C92H143NO8/c1-6-8-10-12-14-16-18-20-22-24-26-28-30-32-34-36-38-40-42-44-45-47-49-51-53-55-57-59-61-63-65-67-69-71-73-75-77-79-81-83-90(95)101-88(87-100-92(91(96)97)98-85-84-93(3,4)5)86-99-89(94)82-80-78-76-74-72-70-68-66-64-62-60-58-56-54-52-50-48-46-43-41-39-37-35-33-31-29-27-25-23-21-19-17-15-13-11-9-7-2/h8-11,14-17,20-23,26-29,32-35,38-41,44-46,48-49,51-52,54-55,57-58,60-61,63,88,92H,6-7,12-13,18-19,24-25,30-31,36-37,42-43,47,50,53,56,59,62,64-87H2,1-5H3/p+1/b10-8-,11-9-,16-14-,17-15-,22-20-,23-21-,28-26-,29-27-,34-32-,35-33-,40-38-,41-39-,45-44-,48-46-,51-49-,54-52-,57-55-,60-58-,63-61-. The Morgan fingerprint density at radius 2 is 0.535 bits per heavy atom. The maximum absolute atomic E-state index is 13.0. The summed E-state index contributed by atoms with van der Waals surface area (Å²) in [6.07, 6.45) is 123. The lowest BCUT2D eigenvalue weighted by Crippen LogP contribution is -2.40. The molecule has 0 spiro atoms. The number of hydrogen-bond donors (Lipinski definition) is 1. The second-order valence-corrected chi connectivity index (χ2v) is 26.6. The number of likely N-dealkylation sites (N-methyl/N-ethyl adjacent to an activating group) is 1. The highest BCUT2D eigenvalue weighted by Gasteiger charge is 2.25. The zero-order valence-corrected chi connectivity index (χ0v) is 64.5. The number of carbonyl (C=O) groups is 3. The third-order valence-corrected chi connectivity index (χ3v) is 15.9. The van der Waals surface area contributed by atoms with E-state index in [1.54, 1.807) is 0 Å². The molecule has 564 valence electrons. The van der Waals surface area contributed by atoms with Gasteiger partial charge >= 0.3 is 17.9 Å². The summed E-state index contributed by atoms with van der Waals surface area (Å²) in [5.74, 6) is -2.05. The minimum absolute atomic E-state index is 0.173. The topological polar surface area (TPSA) is 108 Å². The van der Waals surface area contributed by atoms with Gasteiger partial charge in [0.05, 0.1) is 34.4 Å². The van der Waals surface area contributed by atoms with Crippen LogP contribution in [0.4, 0.5) is 0 Å². The zero-order valence-electron chi connectivity index (χ0n) is 64.5. The van der Waals surface area contributed by atoms with Crippen LogP contribution in [0.5, 0.6) is 0 Å². The van der Waals surface area contributed by atoms with Crippen LogP contribution in [0.1, 0.15) is 271 Å². The number of esters is 2. The van der Waals surface area contributed by atoms with Gasteiger partial charge in [-0.2, -0.15) is 0 Å². The lowest BCUT2D eigenvalue weighted by Gasteiger charge is -2.25. The molecule has 0 rings (SSSR count). The number of ether oxygens (including phenoxy) is 4. The largest absolute Gasteiger partial charge is 0.477 e. The molecule has 9 nitrogen and oxygen atoms in total. The Balaban J connectivity index is 4.19. The second kappa shape index (κ2) is 79.1. The molecule has 0 saturated heterocycles. The molecule has 0 aliphatic rings. The van der Waals surface area contributed by atoms with E-state index in [0.717, 1.165) is 180 Å². The van der Waals surface area contributed by atoms with Crippen LogP contribution in [0.3, 0.4) is 0 Å². The van der Waals surface area contributed by atoms with Crippen molar-refractivity contribution in [2.24, 2.45) is 0 Å². The zero-order chi connectivity index (χ0) is 73.2. The van der Waals surface area contributed by atoms with Crippen LogP contribution < -0.4 is 0 Å². The van der Waals surface area contributed by atoms with Crippen LogP contribution in [-0.4, -0.2) is 87.4 Å². The average molecular weight is 1390 g/mol. The molecular weight excluding hydrogens is 1250 g/mol. The maximum atomic E-state index is 13.0. The van der Waals surface area contributed by atoms with Crippen LogP contribution in [0, 0.1) is 0 Å². The van der Waals surface area contributed by atoms with Crippen molar-refractivity contribution < 1.29 is 42.9 Å². The second-order valence-electron chi connectivity index (χ2n) is 26.6. The molecule has 2 atom stereocenters. The number of carbonyl (C=O) groups excluding carboxylic acids is 2. The van der Waals surface area contributed by atoms with Gasteiger partial charge in [0, 0.05) is 12.8 Å². The summed E-state index contributed by atoms with van der Waals surface area (Å²) < 4.78 is 23.0. The summed E-state index contributed by atoms with van der Waals surface area (Å²) in [4.78, 5) is 37.7. The van der Waals surface area contributed by atoms with Gasteiger partial charge in [-0.1, -0.05) is 328 Å². The molecule has 0 fully saturated rings. The van der Waals surface area contributed by atoms with E-state index in [1.807, 2.05) is 21.1 Å². The molecular formula is C92H144NO8+. The number of quaternary nitrogens is 1. The summed E-state index contributed by atoms with van der Waals surface area (Å²) in [5, 5.41) is 9.77. The van der Waals surface area contributed by atoms with Gasteiger partial charge < -0.3 is 28.5 Å². The molecule has 0 radical (unpaired) electrons. The SMILES string of the molecule is CC/C=C\C/C=C\C/C=C\C/C=C\C/C=C\C/C=C\C/C=C\C/C=C\C/C=C\C/C=C\CCCCCCCCCCC(=O)OC(COC(=O)CCCCCCCCCCC/C=C\C/C=C\C/C=C\C/C=C\C/C=C\C/C=C\C/C=C\C/C=C\C/C=C\CC)COC(OCC[N+](C)(C)C)C(=O)O. The molecule has 0 aliphatic carbocycles. The number of unbranched alkanes of at least 4 members (excludes halogenated alkanes) is 17. The summed E-state index contributed by atoms with van der Waals surface area (Å²) in [6.45, 7) is 4.61. The predicted octanol–water partition coefficient (Wildman–Crippen LogP) is 25.8. The minimum atomic E-state index is -1.53. The molecule has 9 heteroatoms. The van der Waals surface area contributed by atoms with Crippen LogP contribution in [0.25, 0.3) is 0 Å². The smallest absolute Gasteiger partial charge is 0.361 e. The number of nitrogens with zero attached hydrogens (tertiary/aromatic N) is 1. The molecule has 0 aromatic heterocycles. The minimum Gasteiger partial charge on any atom is -0.477 e. The van der Waals surface area contributed by atoms with E-state index in [2.05, 4.69) is 245 Å². The molecule has 0 saturated carbocycles. The van der Waals surface area contributed by atoms with Gasteiger partial charge in [0.2, 0.25) is 0 Å². The van der Waals surface area contributed by atoms with Gasteiger partial charge in [-0.3, -0.25) is 9.59 Å². The van der Waals surface area contributed by atoms with Crippen molar-refractivity contribution in [3.8, 4) is 0 Å². The highest BCUT2D eigenvalue weighted by molar-refractivity contribution is 5.71. The van der Waals surface area contributed by atoms with Crippen molar-refractivity contribution in [1.82, 2.24) is 0 Å². The van der Waals surface area contributed by atoms with Crippen LogP contribution in [-0.2, 0) is 33.3 Å². The van der Waals surface area contributed by atoms with Crippen molar-refractivity contribution in [3.05, 3.63) is 231 Å². The summed E-state index contributed by atoms with van der Waals surface area (Å²) in [6, 6.07) is 0. The molecule has 0 amide bonds. The Hall–Kier alpha value is -6.65. The maximum Gasteiger partial charge on any atom is 0.361 e. The van der Waals surface area contributed by atoms with Crippen LogP contribution in [0.15, 0.2) is 231 Å². The van der Waals surface area contributed by atoms with Gasteiger partial charge in [-0.25, -0.2) is 4.79 Å². The first-order chi connectivity index (χ1) is 49.6. The average Bonchev–Trinajstić information content (AvgIpc) is 1.21. The fourth-order valence-electron chi connectivity index (χ4n) is 9.98. The number of allylic oxidation sites excluding steroid dienone is 38. The Labute approximate surface area is 619 Å². The Bertz CT molecular complexity index is 2520. The van der Waals surface area contributed by atoms with Crippen molar-refractivity contribution in [3.63, 3.8) is 0 Å². The number of hydrogen-bond acceptors (Lipinski definition) is 7. The van der Waals surface area contributed by atoms with E-state index < -0.39 is 24.3 Å². The molecule has 0 heterocycles. The van der Waals surface area contributed by atoms with E-state index >= 15 is 0 Å². The molecule has 0 aromatic carbocycles. The fraction of sp³-hybridized carbons (Fsp3) is 0.554. The molecule has 1 N–H and O–H groups in total. The molecule has 0 aliphatic heterocycles. The Kier molecular flexibility index (Phi) is 73.9. The van der Waals surface area contributed by atoms with Crippen molar-refractivity contribution in [2.75, 3.05) is 47.5 Å². The fourth-order valence-corrected chi connectivity index (χ4v) is 9.98. The molecule has 0 aromatic rings. The van der Waals surface area contributed by atoms with Gasteiger partial charge in [-0.15, -0.1) is 0 Å². The monoisotopic (exact) mass is 1390 g/mol. The highest BCUT2D eigenvalue weighted by Crippen LogP contribution is 2.15. The van der Waals surface area contributed by atoms with E-state index in [9.17, 15) is 19.5 Å². The van der Waals surface area contributed by atoms with Crippen molar-refractivity contribution in [2.45, 2.75) is 283 Å². The predicted molar refractivity (Wildman–Crippen MR) is 437 cm³/mol. The molecule has 2 unspecified atom stereocenters. The van der Waals surface area contributed by atoms with Crippen LogP contribution in [0.2, 0.25) is 0 Å². The van der Waals surface area contributed by atoms with Gasteiger partial charge in [0.1, 0.15) is 13.2 Å². The normalized spacial score (nSPS) is 14.0. The molecule has 101 heavy (non-hydrogen) atoms. The summed E-state index contributed by atoms with van der Waals surface area (Å²) in [5.41, 5.74) is 0. The van der Waals surface area contributed by atoms with E-state index in [0.29, 0.717) is 17.4 Å². The molecule has 0 bridgehead atoms. The van der Waals surface area contributed by atoms with Crippen molar-refractivity contribution in [1.29, 1.82) is 0 Å². The van der Waals surface area contributed by atoms with E-state index in [1.165, 1.54) is 57.8 Å². The van der Waals surface area contributed by atoms with Gasteiger partial charge in [0.25, 0.3) is 6.29 Å². The number of carboxylic acids is 1. The van der Waals surface area contributed by atoms with Gasteiger partial charge in [0.15, 0.2) is 6.10 Å². The first-order valence-electron chi connectivity index (χ1n) is 39.5. The number of aliphatic carboxylic acids is 1.